The van der Waals surface area contributed by atoms with E-state index in [2.05, 4.69) is 36.1 Å². The Morgan fingerprint density at radius 3 is 2.56 bits per heavy atom. The zero-order chi connectivity index (χ0) is 21.7. The fraction of sp³-hybridized carbons (Fsp3) is 0.0870. The van der Waals surface area contributed by atoms with Gasteiger partial charge in [0.1, 0.15) is 36.4 Å². The summed E-state index contributed by atoms with van der Waals surface area (Å²) in [6, 6.07) is 13.1. The van der Waals surface area contributed by atoms with Crippen LogP contribution in [0.5, 0.6) is 0 Å². The summed E-state index contributed by atoms with van der Waals surface area (Å²) in [6.07, 6.45) is 7.30. The molecule has 0 aliphatic carbocycles. The van der Waals surface area contributed by atoms with Crippen molar-refractivity contribution in [3.05, 3.63) is 84.0 Å². The molecule has 0 N–H and O–H groups in total. The molecule has 32 heavy (non-hydrogen) atoms. The van der Waals surface area contributed by atoms with E-state index >= 15 is 0 Å². The third-order valence-corrected chi connectivity index (χ3v) is 5.94. The minimum absolute atomic E-state index is 0.106. The molecular weight excluding hydrogens is 429 g/mol. The largest absolute Gasteiger partial charge is 0.325 e. The van der Waals surface area contributed by atoms with E-state index in [9.17, 15) is 4.39 Å². The summed E-state index contributed by atoms with van der Waals surface area (Å²) in [5, 5.41) is 8.63. The molecule has 0 saturated carbocycles. The van der Waals surface area contributed by atoms with Crippen molar-refractivity contribution in [1.29, 1.82) is 0 Å². The number of hydrogen-bond acceptors (Lipinski definition) is 6. The van der Waals surface area contributed by atoms with E-state index in [1.165, 1.54) is 6.07 Å². The third-order valence-electron chi connectivity index (χ3n) is 5.65. The van der Waals surface area contributed by atoms with Crippen LogP contribution in [0.25, 0.3) is 27.8 Å². The van der Waals surface area contributed by atoms with Crippen LogP contribution in [0.2, 0.25) is 5.02 Å². The maximum Gasteiger partial charge on any atom is 0.144 e. The van der Waals surface area contributed by atoms with Crippen molar-refractivity contribution in [3.63, 3.8) is 0 Å². The predicted octanol–water partition coefficient (Wildman–Crippen LogP) is 4.76. The SMILES string of the molecule is Fc1cc2c(cc1Cl)N(c1ncnc3ccc(-c4ccc(-n5cnnc5)nc4)cc13)CC2. The lowest BCUT2D eigenvalue weighted by molar-refractivity contribution is 0.627. The van der Waals surface area contributed by atoms with Crippen LogP contribution < -0.4 is 4.90 Å². The number of benzene rings is 2. The molecule has 7 nitrogen and oxygen atoms in total. The average Bonchev–Trinajstić information content (AvgIpc) is 3.49. The predicted molar refractivity (Wildman–Crippen MR) is 120 cm³/mol. The summed E-state index contributed by atoms with van der Waals surface area (Å²) in [7, 11) is 0. The van der Waals surface area contributed by atoms with Crippen LogP contribution in [0.15, 0.2) is 67.6 Å². The molecular formula is C23H15ClFN7. The first kappa shape index (κ1) is 18.8. The van der Waals surface area contributed by atoms with E-state index < -0.39 is 5.82 Å². The molecule has 0 saturated heterocycles. The second-order valence-electron chi connectivity index (χ2n) is 7.50. The fourth-order valence-electron chi connectivity index (χ4n) is 4.07. The highest BCUT2D eigenvalue weighted by Gasteiger charge is 2.25. The van der Waals surface area contributed by atoms with Crippen LogP contribution in [0, 0.1) is 5.82 Å². The molecule has 0 bridgehead atoms. The highest BCUT2D eigenvalue weighted by atomic mass is 35.5. The Balaban J connectivity index is 1.43. The van der Waals surface area contributed by atoms with E-state index in [1.807, 2.05) is 30.5 Å². The normalized spacial score (nSPS) is 13.0. The van der Waals surface area contributed by atoms with Gasteiger partial charge in [0.05, 0.1) is 10.5 Å². The lowest BCUT2D eigenvalue weighted by atomic mass is 10.0. The number of anilines is 2. The lowest BCUT2D eigenvalue weighted by Gasteiger charge is -2.20. The van der Waals surface area contributed by atoms with Crippen molar-refractivity contribution < 1.29 is 4.39 Å². The molecule has 6 rings (SSSR count). The highest BCUT2D eigenvalue weighted by Crippen LogP contribution is 2.39. The van der Waals surface area contributed by atoms with E-state index in [0.29, 0.717) is 6.54 Å². The first-order chi connectivity index (χ1) is 15.7. The van der Waals surface area contributed by atoms with Gasteiger partial charge in [-0.2, -0.15) is 0 Å². The van der Waals surface area contributed by atoms with Crippen molar-refractivity contribution in [2.24, 2.45) is 0 Å². The van der Waals surface area contributed by atoms with Crippen molar-refractivity contribution in [2.75, 3.05) is 11.4 Å². The molecule has 0 spiro atoms. The summed E-state index contributed by atoms with van der Waals surface area (Å²) in [6.45, 7) is 0.695. The van der Waals surface area contributed by atoms with Gasteiger partial charge in [0, 0.05) is 29.4 Å². The number of rotatable bonds is 3. The molecule has 0 amide bonds. The van der Waals surface area contributed by atoms with E-state index in [4.69, 9.17) is 11.6 Å². The van der Waals surface area contributed by atoms with Gasteiger partial charge in [-0.25, -0.2) is 19.3 Å². The second kappa shape index (κ2) is 7.35. The number of pyridine rings is 1. The summed E-state index contributed by atoms with van der Waals surface area (Å²) < 4.78 is 15.7. The first-order valence-electron chi connectivity index (χ1n) is 9.99. The number of halogens is 2. The zero-order valence-corrected chi connectivity index (χ0v) is 17.4. The smallest absolute Gasteiger partial charge is 0.144 e. The van der Waals surface area contributed by atoms with Crippen LogP contribution in [0.4, 0.5) is 15.9 Å². The number of fused-ring (bicyclic) bond motifs is 2. The Morgan fingerprint density at radius 1 is 0.906 bits per heavy atom. The quantitative estimate of drug-likeness (QED) is 0.400. The van der Waals surface area contributed by atoms with Gasteiger partial charge in [0.2, 0.25) is 0 Å². The summed E-state index contributed by atoms with van der Waals surface area (Å²) in [4.78, 5) is 15.6. The molecule has 1 aliphatic rings. The van der Waals surface area contributed by atoms with Gasteiger partial charge in [0.15, 0.2) is 0 Å². The second-order valence-corrected chi connectivity index (χ2v) is 7.91. The molecule has 156 valence electrons. The Kier molecular flexibility index (Phi) is 4.32. The van der Waals surface area contributed by atoms with Crippen LogP contribution >= 0.6 is 11.6 Å². The maximum absolute atomic E-state index is 13.9. The van der Waals surface area contributed by atoms with Crippen LogP contribution in [-0.4, -0.2) is 36.3 Å². The van der Waals surface area contributed by atoms with Crippen molar-refractivity contribution in [3.8, 4) is 16.9 Å². The Morgan fingerprint density at radius 2 is 1.75 bits per heavy atom. The third kappa shape index (κ3) is 3.07. The van der Waals surface area contributed by atoms with Crippen LogP contribution in [0.3, 0.4) is 0 Å². The zero-order valence-electron chi connectivity index (χ0n) is 16.7. The number of hydrogen-bond donors (Lipinski definition) is 0. The van der Waals surface area contributed by atoms with Gasteiger partial charge in [-0.05, 0) is 53.9 Å². The molecule has 1 aliphatic heterocycles. The van der Waals surface area contributed by atoms with Gasteiger partial charge in [-0.1, -0.05) is 17.7 Å². The minimum Gasteiger partial charge on any atom is -0.325 e. The van der Waals surface area contributed by atoms with Crippen molar-refractivity contribution in [2.45, 2.75) is 6.42 Å². The van der Waals surface area contributed by atoms with E-state index in [0.717, 1.165) is 51.3 Å². The molecule has 0 unspecified atom stereocenters. The van der Waals surface area contributed by atoms with E-state index in [-0.39, 0.29) is 5.02 Å². The maximum atomic E-state index is 13.9. The number of nitrogens with zero attached hydrogens (tertiary/aromatic N) is 7. The Hall–Kier alpha value is -3.91. The standard InChI is InChI=1S/C23H15ClFN7/c24-18-9-21-15(8-19(18)25)5-6-32(21)23-17-7-14(1-3-20(17)27-11-28-23)16-2-4-22(26-10-16)31-12-29-30-13-31/h1-4,7-13H,5-6H2. The summed E-state index contributed by atoms with van der Waals surface area (Å²) in [5.41, 5.74) is 4.58. The van der Waals surface area contributed by atoms with Gasteiger partial charge in [0.25, 0.3) is 0 Å². The summed E-state index contributed by atoms with van der Waals surface area (Å²) >= 11 is 6.07. The van der Waals surface area contributed by atoms with Gasteiger partial charge in [-0.3, -0.25) is 4.57 Å². The average molecular weight is 444 g/mol. The van der Waals surface area contributed by atoms with Gasteiger partial charge >= 0.3 is 0 Å². The van der Waals surface area contributed by atoms with Crippen molar-refractivity contribution >= 4 is 34.0 Å². The molecule has 0 radical (unpaired) electrons. The lowest BCUT2D eigenvalue weighted by Crippen LogP contribution is -2.15. The van der Waals surface area contributed by atoms with Crippen molar-refractivity contribution in [1.82, 2.24) is 29.7 Å². The molecule has 9 heteroatoms. The highest BCUT2D eigenvalue weighted by molar-refractivity contribution is 6.31. The molecule has 2 aromatic carbocycles. The first-order valence-corrected chi connectivity index (χ1v) is 10.4. The molecule has 0 fully saturated rings. The topological polar surface area (TPSA) is 72.6 Å². The van der Waals surface area contributed by atoms with Crippen LogP contribution in [0.1, 0.15) is 5.56 Å². The molecule has 0 atom stereocenters. The van der Waals surface area contributed by atoms with E-state index in [1.54, 1.807) is 29.6 Å². The summed E-state index contributed by atoms with van der Waals surface area (Å²) in [5.74, 6) is 1.11. The van der Waals surface area contributed by atoms with Gasteiger partial charge in [-0.15, -0.1) is 10.2 Å². The van der Waals surface area contributed by atoms with Gasteiger partial charge < -0.3 is 4.90 Å². The molecule has 4 heterocycles. The monoisotopic (exact) mass is 443 g/mol. The van der Waals surface area contributed by atoms with Crippen LogP contribution in [-0.2, 0) is 6.42 Å². The minimum atomic E-state index is -0.399. The Labute approximate surface area is 187 Å². The molecule has 3 aromatic heterocycles. The Bertz CT molecular complexity index is 1450. The number of aromatic nitrogens is 6. The fourth-order valence-corrected chi connectivity index (χ4v) is 4.23. The molecule has 5 aromatic rings.